The molecule has 5 rings (SSSR count). The van der Waals surface area contributed by atoms with E-state index in [0.717, 1.165) is 29.8 Å². The Hall–Kier alpha value is -3.80. The number of fused-ring (bicyclic) bond motifs is 1. The van der Waals surface area contributed by atoms with Gasteiger partial charge >= 0.3 is 0 Å². The molecule has 4 aromatic heterocycles. The van der Waals surface area contributed by atoms with Crippen molar-refractivity contribution in [2.75, 3.05) is 11.1 Å². The standard InChI is InChI=1S/C24H26N8O3S/c1-4-32-23-18(12-27-21(31-23)19-14(3)28-13-29-20(19)15-6-7-15)30-22(24(32)33)26-10-16-8-9-17(11-25-16)36(34,35)5-2/h8-9,11-13,15H,4-7,10H2,1-3H3,(H,26,30). The molecule has 1 N–H and O–H groups in total. The lowest BCUT2D eigenvalue weighted by molar-refractivity contribution is 0.596. The Kier molecular flexibility index (Phi) is 6.20. The number of anilines is 1. The minimum absolute atomic E-state index is 0.00634. The number of hydrogen-bond acceptors (Lipinski definition) is 10. The van der Waals surface area contributed by atoms with E-state index in [1.54, 1.807) is 30.1 Å². The Bertz CT molecular complexity index is 1610. The predicted octanol–water partition coefficient (Wildman–Crippen LogP) is 2.65. The summed E-state index contributed by atoms with van der Waals surface area (Å²) in [6.07, 6.45) is 6.67. The van der Waals surface area contributed by atoms with Gasteiger partial charge in [0.15, 0.2) is 27.1 Å². The third kappa shape index (κ3) is 4.43. The van der Waals surface area contributed by atoms with Crippen molar-refractivity contribution in [2.24, 2.45) is 0 Å². The van der Waals surface area contributed by atoms with Crippen LogP contribution in [0.2, 0.25) is 0 Å². The number of aromatic nitrogens is 7. The zero-order chi connectivity index (χ0) is 25.4. The Labute approximate surface area is 208 Å². The summed E-state index contributed by atoms with van der Waals surface area (Å²) < 4.78 is 25.5. The first-order chi connectivity index (χ1) is 17.3. The number of rotatable bonds is 8. The maximum atomic E-state index is 13.2. The van der Waals surface area contributed by atoms with Crippen LogP contribution in [0.1, 0.15) is 49.7 Å². The van der Waals surface area contributed by atoms with E-state index < -0.39 is 9.84 Å². The molecule has 11 nitrogen and oxygen atoms in total. The summed E-state index contributed by atoms with van der Waals surface area (Å²) in [5.74, 6) is 1.03. The largest absolute Gasteiger partial charge is 0.360 e. The van der Waals surface area contributed by atoms with Gasteiger partial charge in [-0.15, -0.1) is 0 Å². The van der Waals surface area contributed by atoms with Gasteiger partial charge in [0.25, 0.3) is 5.56 Å². The number of aryl methyl sites for hydroxylation is 2. The average Bonchev–Trinajstić information content (AvgIpc) is 3.73. The quantitative estimate of drug-likeness (QED) is 0.378. The van der Waals surface area contributed by atoms with E-state index in [4.69, 9.17) is 4.98 Å². The third-order valence-electron chi connectivity index (χ3n) is 6.23. The molecule has 0 unspecified atom stereocenters. The smallest absolute Gasteiger partial charge is 0.294 e. The molecule has 1 aliphatic rings. The van der Waals surface area contributed by atoms with Crippen molar-refractivity contribution in [3.8, 4) is 11.4 Å². The molecule has 0 spiro atoms. The van der Waals surface area contributed by atoms with E-state index in [-0.39, 0.29) is 28.6 Å². The summed E-state index contributed by atoms with van der Waals surface area (Å²) in [7, 11) is -3.32. The van der Waals surface area contributed by atoms with Gasteiger partial charge in [-0.1, -0.05) is 6.92 Å². The summed E-state index contributed by atoms with van der Waals surface area (Å²) >= 11 is 0. The van der Waals surface area contributed by atoms with Crippen LogP contribution in [0.15, 0.2) is 40.5 Å². The fourth-order valence-electron chi connectivity index (χ4n) is 4.04. The molecule has 4 aromatic rings. The van der Waals surface area contributed by atoms with Crippen LogP contribution in [0, 0.1) is 6.92 Å². The zero-order valence-electron chi connectivity index (χ0n) is 20.3. The van der Waals surface area contributed by atoms with Crippen LogP contribution in [0.25, 0.3) is 22.6 Å². The molecule has 36 heavy (non-hydrogen) atoms. The molecule has 0 amide bonds. The van der Waals surface area contributed by atoms with E-state index in [0.29, 0.717) is 35.1 Å². The summed E-state index contributed by atoms with van der Waals surface area (Å²) in [4.78, 5) is 40.1. The first-order valence-electron chi connectivity index (χ1n) is 11.8. The summed E-state index contributed by atoms with van der Waals surface area (Å²) in [6, 6.07) is 3.13. The molecule has 0 atom stereocenters. The highest BCUT2D eigenvalue weighted by molar-refractivity contribution is 7.91. The molecule has 1 saturated carbocycles. The van der Waals surface area contributed by atoms with Crippen LogP contribution in [0.5, 0.6) is 0 Å². The molecule has 1 fully saturated rings. The van der Waals surface area contributed by atoms with E-state index in [2.05, 4.69) is 30.2 Å². The predicted molar refractivity (Wildman–Crippen MR) is 134 cm³/mol. The number of pyridine rings is 1. The highest BCUT2D eigenvalue weighted by atomic mass is 32.2. The highest BCUT2D eigenvalue weighted by Crippen LogP contribution is 2.43. The zero-order valence-corrected chi connectivity index (χ0v) is 21.1. The Morgan fingerprint density at radius 3 is 2.53 bits per heavy atom. The topological polar surface area (TPSA) is 146 Å². The number of sulfone groups is 1. The molecule has 1 aliphatic carbocycles. The van der Waals surface area contributed by atoms with Crippen LogP contribution in [-0.4, -0.2) is 48.6 Å². The van der Waals surface area contributed by atoms with Gasteiger partial charge in [0.1, 0.15) is 11.8 Å². The second kappa shape index (κ2) is 9.34. The molecule has 186 valence electrons. The molecule has 0 aromatic carbocycles. The molecule has 12 heteroatoms. The normalized spacial score (nSPS) is 13.8. The van der Waals surface area contributed by atoms with Crippen molar-refractivity contribution in [3.63, 3.8) is 0 Å². The molecule has 0 radical (unpaired) electrons. The number of nitrogens with zero attached hydrogens (tertiary/aromatic N) is 7. The van der Waals surface area contributed by atoms with E-state index in [9.17, 15) is 13.2 Å². The minimum Gasteiger partial charge on any atom is -0.360 e. The Morgan fingerprint density at radius 2 is 1.86 bits per heavy atom. The van der Waals surface area contributed by atoms with Gasteiger partial charge in [0.2, 0.25) is 0 Å². The van der Waals surface area contributed by atoms with Gasteiger partial charge in [-0.05, 0) is 38.8 Å². The van der Waals surface area contributed by atoms with Gasteiger partial charge < -0.3 is 5.32 Å². The second-order valence-electron chi connectivity index (χ2n) is 8.65. The van der Waals surface area contributed by atoms with E-state index in [1.807, 2.05) is 13.8 Å². The van der Waals surface area contributed by atoms with Crippen molar-refractivity contribution in [1.82, 2.24) is 34.5 Å². The maximum absolute atomic E-state index is 13.2. The van der Waals surface area contributed by atoms with Crippen LogP contribution in [0.4, 0.5) is 5.82 Å². The van der Waals surface area contributed by atoms with Gasteiger partial charge in [0.05, 0.1) is 46.0 Å². The second-order valence-corrected chi connectivity index (χ2v) is 10.9. The lowest BCUT2D eigenvalue weighted by Crippen LogP contribution is -2.26. The van der Waals surface area contributed by atoms with Crippen molar-refractivity contribution in [2.45, 2.75) is 57.5 Å². The first-order valence-corrected chi connectivity index (χ1v) is 13.5. The van der Waals surface area contributed by atoms with E-state index in [1.165, 1.54) is 12.3 Å². The fourth-order valence-corrected chi connectivity index (χ4v) is 4.86. The first kappa shape index (κ1) is 23.9. The monoisotopic (exact) mass is 506 g/mol. The molecule has 0 saturated heterocycles. The van der Waals surface area contributed by atoms with Crippen molar-refractivity contribution < 1.29 is 8.42 Å². The Balaban J connectivity index is 1.47. The lowest BCUT2D eigenvalue weighted by atomic mass is 10.1. The van der Waals surface area contributed by atoms with Crippen molar-refractivity contribution in [1.29, 1.82) is 0 Å². The molecular weight excluding hydrogens is 480 g/mol. The van der Waals surface area contributed by atoms with Gasteiger partial charge in [-0.3, -0.25) is 14.3 Å². The molecular formula is C24H26N8O3S. The van der Waals surface area contributed by atoms with Gasteiger partial charge in [-0.25, -0.2) is 33.3 Å². The third-order valence-corrected chi connectivity index (χ3v) is 7.95. The molecule has 0 aliphatic heterocycles. The van der Waals surface area contributed by atoms with Gasteiger partial charge in [-0.2, -0.15) is 0 Å². The van der Waals surface area contributed by atoms with E-state index >= 15 is 0 Å². The van der Waals surface area contributed by atoms with Crippen LogP contribution in [-0.2, 0) is 22.9 Å². The van der Waals surface area contributed by atoms with Crippen LogP contribution in [0.3, 0.4) is 0 Å². The van der Waals surface area contributed by atoms with Crippen molar-refractivity contribution in [3.05, 3.63) is 58.3 Å². The average molecular weight is 507 g/mol. The minimum atomic E-state index is -3.32. The van der Waals surface area contributed by atoms with Gasteiger partial charge in [0, 0.05) is 18.7 Å². The Morgan fingerprint density at radius 1 is 1.06 bits per heavy atom. The SMILES string of the molecule is CCn1c(=O)c(NCc2ccc(S(=O)(=O)CC)cn2)nc2cnc(-c3c(C)ncnc3C3CC3)nc21. The summed E-state index contributed by atoms with van der Waals surface area (Å²) in [5, 5.41) is 3.02. The highest BCUT2D eigenvalue weighted by Gasteiger charge is 2.30. The van der Waals surface area contributed by atoms with Crippen molar-refractivity contribution >= 4 is 26.8 Å². The number of hydrogen-bond donors (Lipinski definition) is 1. The van der Waals surface area contributed by atoms with Crippen LogP contribution < -0.4 is 10.9 Å². The molecule has 0 bridgehead atoms. The molecule has 4 heterocycles. The number of nitrogens with one attached hydrogen (secondary N) is 1. The lowest BCUT2D eigenvalue weighted by Gasteiger charge is -2.13. The maximum Gasteiger partial charge on any atom is 0.294 e. The summed E-state index contributed by atoms with van der Waals surface area (Å²) in [6.45, 7) is 5.96. The summed E-state index contributed by atoms with van der Waals surface area (Å²) in [5.41, 5.74) is 3.74. The fraction of sp³-hybridized carbons (Fsp3) is 0.375. The van der Waals surface area contributed by atoms with Crippen LogP contribution >= 0.6 is 0 Å².